The van der Waals surface area contributed by atoms with Gasteiger partial charge in [-0.2, -0.15) is 0 Å². The van der Waals surface area contributed by atoms with Crippen molar-refractivity contribution < 1.29 is 0 Å². The molecule has 0 N–H and O–H groups in total. The molecule has 0 aromatic heterocycles. The fraction of sp³-hybridized carbons (Fsp3) is 0.0571. The first-order valence-electron chi connectivity index (χ1n) is 24.8. The Balaban J connectivity index is 0.896. The maximum absolute atomic E-state index is 2.46. The second kappa shape index (κ2) is 17.0. The van der Waals surface area contributed by atoms with Crippen molar-refractivity contribution in [2.75, 3.05) is 4.90 Å². The lowest BCUT2D eigenvalue weighted by Crippen LogP contribution is -2.28. The maximum atomic E-state index is 2.46. The van der Waals surface area contributed by atoms with Crippen molar-refractivity contribution in [1.29, 1.82) is 0 Å². The second-order valence-corrected chi connectivity index (χ2v) is 19.6. The molecule has 1 nitrogen and oxygen atoms in total. The molecule has 0 bridgehead atoms. The molecule has 2 aliphatic carbocycles. The predicted molar refractivity (Wildman–Crippen MR) is 298 cm³/mol. The Kier molecular flexibility index (Phi) is 10.1. The number of fused-ring (bicyclic) bond motifs is 6. The lowest BCUT2D eigenvalue weighted by molar-refractivity contribution is 0.660. The van der Waals surface area contributed by atoms with E-state index in [1.54, 1.807) is 0 Å². The molecule has 11 aromatic carbocycles. The van der Waals surface area contributed by atoms with Crippen LogP contribution in [0.4, 0.5) is 17.1 Å². The summed E-state index contributed by atoms with van der Waals surface area (Å²) in [7, 11) is 0. The first kappa shape index (κ1) is 42.3. The SMILES string of the molecule is CC1(C)c2ccccc2-c2ccc(-c3ccc(N(c4ccc(-c5ccccc5)cc4)c4ccc(-c5ccc6c(c5)C(c5ccccc5)(c5cccc(-c7ccccc7)c5)c5ccccc5-6)cc4)cc3)cc21. The predicted octanol–water partition coefficient (Wildman–Crippen LogP) is 18.5. The van der Waals surface area contributed by atoms with Crippen molar-refractivity contribution in [3.05, 3.63) is 306 Å². The Morgan fingerprint density at radius 1 is 0.239 bits per heavy atom. The Morgan fingerprint density at radius 3 is 1.15 bits per heavy atom. The number of benzene rings is 11. The molecule has 1 unspecified atom stereocenters. The van der Waals surface area contributed by atoms with Gasteiger partial charge in [0.2, 0.25) is 0 Å². The molecule has 0 fully saturated rings. The van der Waals surface area contributed by atoms with Crippen molar-refractivity contribution in [2.45, 2.75) is 24.7 Å². The molecule has 0 heterocycles. The molecule has 336 valence electrons. The zero-order valence-electron chi connectivity index (χ0n) is 39.9. The summed E-state index contributed by atoms with van der Waals surface area (Å²) in [5, 5.41) is 0. The molecule has 11 aromatic rings. The van der Waals surface area contributed by atoms with Gasteiger partial charge in [-0.05, 0) is 155 Å². The van der Waals surface area contributed by atoms with Gasteiger partial charge in [0.25, 0.3) is 0 Å². The van der Waals surface area contributed by atoms with Gasteiger partial charge in [0.15, 0.2) is 0 Å². The summed E-state index contributed by atoms with van der Waals surface area (Å²) < 4.78 is 0. The molecule has 0 aliphatic heterocycles. The van der Waals surface area contributed by atoms with Crippen molar-refractivity contribution in [2.24, 2.45) is 0 Å². The van der Waals surface area contributed by atoms with Gasteiger partial charge in [-0.15, -0.1) is 0 Å². The van der Waals surface area contributed by atoms with Crippen LogP contribution in [0.15, 0.2) is 273 Å². The fourth-order valence-corrected chi connectivity index (χ4v) is 11.9. The normalized spacial score (nSPS) is 14.8. The van der Waals surface area contributed by atoms with Crippen LogP contribution in [0.25, 0.3) is 66.8 Å². The van der Waals surface area contributed by atoms with E-state index in [-0.39, 0.29) is 5.41 Å². The van der Waals surface area contributed by atoms with E-state index in [2.05, 4.69) is 292 Å². The summed E-state index contributed by atoms with van der Waals surface area (Å²) in [5.74, 6) is 0. The largest absolute Gasteiger partial charge is 0.311 e. The lowest BCUT2D eigenvalue weighted by atomic mass is 9.67. The minimum Gasteiger partial charge on any atom is -0.311 e. The third-order valence-corrected chi connectivity index (χ3v) is 15.4. The van der Waals surface area contributed by atoms with Crippen LogP contribution in [0.3, 0.4) is 0 Å². The molecule has 0 amide bonds. The summed E-state index contributed by atoms with van der Waals surface area (Å²) in [6, 6.07) is 101. The third kappa shape index (κ3) is 6.99. The summed E-state index contributed by atoms with van der Waals surface area (Å²) >= 11 is 0. The van der Waals surface area contributed by atoms with Gasteiger partial charge >= 0.3 is 0 Å². The Morgan fingerprint density at radius 2 is 0.592 bits per heavy atom. The standard InChI is InChI=1S/C70H51N/c1-69(2)65-27-14-12-25-61(65)63-43-35-54(46-67(63)69)51-31-39-59(40-32-51)71(58-37-29-50(30-38-58)48-17-6-3-7-18-48)60-41-33-52(34-42-60)55-36-44-64-62-26-13-15-28-66(62)70(68(64)47-55,56-22-10-5-11-23-56)57-24-16-21-53(45-57)49-19-8-4-9-20-49/h3-47H,1-2H3. The molecule has 0 radical (unpaired) electrons. The highest BCUT2D eigenvalue weighted by molar-refractivity contribution is 5.90. The van der Waals surface area contributed by atoms with Crippen LogP contribution in [0.5, 0.6) is 0 Å². The summed E-state index contributed by atoms with van der Waals surface area (Å²) in [5.41, 5.74) is 25.5. The third-order valence-electron chi connectivity index (χ3n) is 15.4. The van der Waals surface area contributed by atoms with Crippen LogP contribution in [-0.2, 0) is 10.8 Å². The van der Waals surface area contributed by atoms with E-state index in [4.69, 9.17) is 0 Å². The highest BCUT2D eigenvalue weighted by atomic mass is 15.1. The Hall–Kier alpha value is -8.78. The van der Waals surface area contributed by atoms with E-state index < -0.39 is 5.41 Å². The molecular formula is C70H51N. The van der Waals surface area contributed by atoms with Gasteiger partial charge < -0.3 is 4.90 Å². The quantitative estimate of drug-likeness (QED) is 0.139. The summed E-state index contributed by atoms with van der Waals surface area (Å²) in [6.45, 7) is 4.70. The van der Waals surface area contributed by atoms with Gasteiger partial charge in [0, 0.05) is 22.5 Å². The monoisotopic (exact) mass is 905 g/mol. The zero-order chi connectivity index (χ0) is 47.5. The Labute approximate surface area is 417 Å². The van der Waals surface area contributed by atoms with Gasteiger partial charge in [-0.3, -0.25) is 0 Å². The molecule has 1 heteroatoms. The number of rotatable bonds is 9. The van der Waals surface area contributed by atoms with Crippen LogP contribution in [0.2, 0.25) is 0 Å². The highest BCUT2D eigenvalue weighted by Gasteiger charge is 2.46. The first-order valence-corrected chi connectivity index (χ1v) is 24.8. The van der Waals surface area contributed by atoms with E-state index in [1.807, 2.05) is 0 Å². The molecular weight excluding hydrogens is 855 g/mol. The minimum atomic E-state index is -0.524. The van der Waals surface area contributed by atoms with Gasteiger partial charge in [0.05, 0.1) is 5.41 Å². The van der Waals surface area contributed by atoms with Crippen molar-refractivity contribution in [3.8, 4) is 66.8 Å². The first-order chi connectivity index (χ1) is 34.9. The summed E-state index contributed by atoms with van der Waals surface area (Å²) in [4.78, 5) is 2.38. The zero-order valence-corrected chi connectivity index (χ0v) is 39.9. The maximum Gasteiger partial charge on any atom is 0.0713 e. The van der Waals surface area contributed by atoms with E-state index in [1.165, 1.54) is 100 Å². The van der Waals surface area contributed by atoms with Crippen LogP contribution in [0.1, 0.15) is 47.2 Å². The summed E-state index contributed by atoms with van der Waals surface area (Å²) in [6.07, 6.45) is 0. The van der Waals surface area contributed by atoms with Gasteiger partial charge in [0.1, 0.15) is 0 Å². The van der Waals surface area contributed by atoms with Gasteiger partial charge in [-0.25, -0.2) is 0 Å². The molecule has 2 aliphatic rings. The van der Waals surface area contributed by atoms with Crippen LogP contribution in [0, 0.1) is 0 Å². The fourth-order valence-electron chi connectivity index (χ4n) is 11.9. The van der Waals surface area contributed by atoms with Crippen LogP contribution in [-0.4, -0.2) is 0 Å². The molecule has 1 atom stereocenters. The van der Waals surface area contributed by atoms with Crippen molar-refractivity contribution >= 4 is 17.1 Å². The average molecular weight is 906 g/mol. The molecule has 0 saturated carbocycles. The van der Waals surface area contributed by atoms with E-state index in [0.717, 1.165) is 17.1 Å². The number of anilines is 3. The number of hydrogen-bond donors (Lipinski definition) is 0. The van der Waals surface area contributed by atoms with E-state index in [9.17, 15) is 0 Å². The molecule has 0 spiro atoms. The van der Waals surface area contributed by atoms with Crippen molar-refractivity contribution in [1.82, 2.24) is 0 Å². The minimum absolute atomic E-state index is 0.0545. The average Bonchev–Trinajstić information content (AvgIpc) is 3.87. The van der Waals surface area contributed by atoms with Crippen LogP contribution >= 0.6 is 0 Å². The number of hydrogen-bond acceptors (Lipinski definition) is 1. The highest BCUT2D eigenvalue weighted by Crippen LogP contribution is 2.57. The van der Waals surface area contributed by atoms with E-state index >= 15 is 0 Å². The smallest absolute Gasteiger partial charge is 0.0713 e. The lowest BCUT2D eigenvalue weighted by Gasteiger charge is -2.34. The molecule has 71 heavy (non-hydrogen) atoms. The van der Waals surface area contributed by atoms with E-state index in [0.29, 0.717) is 0 Å². The molecule has 0 saturated heterocycles. The van der Waals surface area contributed by atoms with Crippen LogP contribution < -0.4 is 4.90 Å². The van der Waals surface area contributed by atoms with Crippen molar-refractivity contribution in [3.63, 3.8) is 0 Å². The second-order valence-electron chi connectivity index (χ2n) is 19.6. The Bertz CT molecular complexity index is 3740. The van der Waals surface area contributed by atoms with Gasteiger partial charge in [-0.1, -0.05) is 232 Å². The number of nitrogens with zero attached hydrogens (tertiary/aromatic N) is 1. The topological polar surface area (TPSA) is 3.24 Å². The molecule has 13 rings (SSSR count).